The highest BCUT2D eigenvalue weighted by atomic mass is 79.9. The van der Waals surface area contributed by atoms with Crippen LogP contribution in [-0.4, -0.2) is 17.6 Å². The molecule has 0 unspecified atom stereocenters. The van der Waals surface area contributed by atoms with E-state index in [1.54, 1.807) is 10.6 Å². The number of esters is 1. The minimum Gasteiger partial charge on any atom is -0.468 e. The van der Waals surface area contributed by atoms with Gasteiger partial charge in [-0.05, 0) is 59.2 Å². The van der Waals surface area contributed by atoms with Gasteiger partial charge in [-0.3, -0.25) is 9.59 Å². The zero-order valence-electron chi connectivity index (χ0n) is 11.7. The first-order valence-corrected chi connectivity index (χ1v) is 7.78. The second-order valence-corrected chi connectivity index (χ2v) is 6.96. The maximum absolute atomic E-state index is 12.2. The molecule has 5 heteroatoms. The summed E-state index contributed by atoms with van der Waals surface area (Å²) in [6.45, 7) is 2.13. The third-order valence-electron chi connectivity index (χ3n) is 4.46. The number of hydrogen-bond donors (Lipinski definition) is 0. The van der Waals surface area contributed by atoms with Crippen LogP contribution in [0.3, 0.4) is 0 Å². The number of nitrogens with zero attached hydrogens (tertiary/aromatic N) is 1. The SMILES string of the molecule is COC(=O)C1(c2cc(Br)c(=O)n(C3CC3)c2)CC(C)C1. The molecule has 0 amide bonds. The van der Waals surface area contributed by atoms with E-state index in [4.69, 9.17) is 4.74 Å². The Morgan fingerprint density at radius 3 is 2.60 bits per heavy atom. The van der Waals surface area contributed by atoms with Gasteiger partial charge < -0.3 is 9.30 Å². The number of aromatic nitrogens is 1. The lowest BCUT2D eigenvalue weighted by Gasteiger charge is -2.44. The summed E-state index contributed by atoms with van der Waals surface area (Å²) in [4.78, 5) is 24.4. The molecule has 1 heterocycles. The fraction of sp³-hybridized carbons (Fsp3) is 0.600. The summed E-state index contributed by atoms with van der Waals surface area (Å²) in [6, 6.07) is 2.09. The Labute approximate surface area is 126 Å². The van der Waals surface area contributed by atoms with Gasteiger partial charge >= 0.3 is 5.97 Å². The van der Waals surface area contributed by atoms with Crippen molar-refractivity contribution >= 4 is 21.9 Å². The van der Waals surface area contributed by atoms with Crippen LogP contribution in [0.2, 0.25) is 0 Å². The molecule has 1 aromatic rings. The molecular weight excluding hydrogens is 322 g/mol. The third kappa shape index (κ3) is 2.03. The first-order valence-electron chi connectivity index (χ1n) is 6.98. The molecule has 3 rings (SSSR count). The van der Waals surface area contributed by atoms with Gasteiger partial charge in [-0.15, -0.1) is 0 Å². The van der Waals surface area contributed by atoms with Crippen molar-refractivity contribution in [2.45, 2.75) is 44.1 Å². The fourth-order valence-electron chi connectivity index (χ4n) is 3.30. The number of hydrogen-bond acceptors (Lipinski definition) is 3. The number of pyridine rings is 1. The van der Waals surface area contributed by atoms with Crippen LogP contribution in [-0.2, 0) is 14.9 Å². The van der Waals surface area contributed by atoms with Gasteiger partial charge in [0.25, 0.3) is 5.56 Å². The van der Waals surface area contributed by atoms with Gasteiger partial charge in [-0.1, -0.05) is 6.92 Å². The van der Waals surface area contributed by atoms with Crippen LogP contribution in [0.5, 0.6) is 0 Å². The van der Waals surface area contributed by atoms with Gasteiger partial charge in [0, 0.05) is 12.2 Å². The van der Waals surface area contributed by atoms with Gasteiger partial charge in [-0.25, -0.2) is 0 Å². The maximum Gasteiger partial charge on any atom is 0.316 e. The van der Waals surface area contributed by atoms with Crippen molar-refractivity contribution in [2.75, 3.05) is 7.11 Å². The quantitative estimate of drug-likeness (QED) is 0.795. The van der Waals surface area contributed by atoms with Gasteiger partial charge in [-0.2, -0.15) is 0 Å². The minimum atomic E-state index is -0.568. The second-order valence-electron chi connectivity index (χ2n) is 6.11. The molecule has 2 aliphatic carbocycles. The Morgan fingerprint density at radius 2 is 2.10 bits per heavy atom. The Kier molecular flexibility index (Phi) is 3.27. The van der Waals surface area contributed by atoms with Crippen molar-refractivity contribution in [3.8, 4) is 0 Å². The van der Waals surface area contributed by atoms with Crippen LogP contribution in [0.4, 0.5) is 0 Å². The monoisotopic (exact) mass is 339 g/mol. The fourth-order valence-corrected chi connectivity index (χ4v) is 3.75. The molecule has 0 bridgehead atoms. The Bertz CT molecular complexity index is 612. The number of ether oxygens (including phenoxy) is 1. The summed E-state index contributed by atoms with van der Waals surface area (Å²) < 4.78 is 7.31. The molecule has 0 spiro atoms. The molecule has 20 heavy (non-hydrogen) atoms. The largest absolute Gasteiger partial charge is 0.468 e. The smallest absolute Gasteiger partial charge is 0.316 e. The first kappa shape index (κ1) is 13.9. The topological polar surface area (TPSA) is 48.3 Å². The van der Waals surface area contributed by atoms with Crippen LogP contribution in [0.25, 0.3) is 0 Å². The molecule has 4 nitrogen and oxygen atoms in total. The highest BCUT2D eigenvalue weighted by Crippen LogP contribution is 2.49. The third-order valence-corrected chi connectivity index (χ3v) is 5.03. The molecule has 2 fully saturated rings. The van der Waals surface area contributed by atoms with Crippen LogP contribution >= 0.6 is 15.9 Å². The lowest BCUT2D eigenvalue weighted by molar-refractivity contribution is -0.153. The molecule has 0 N–H and O–H groups in total. The van der Waals surface area contributed by atoms with Gasteiger partial charge in [0.05, 0.1) is 17.0 Å². The Morgan fingerprint density at radius 1 is 1.45 bits per heavy atom. The van der Waals surface area contributed by atoms with E-state index in [0.717, 1.165) is 31.2 Å². The number of methoxy groups -OCH3 is 1. The summed E-state index contributed by atoms with van der Waals surface area (Å²) in [5.74, 6) is 0.317. The molecule has 2 saturated carbocycles. The lowest BCUT2D eigenvalue weighted by Crippen LogP contribution is -2.48. The van der Waals surface area contributed by atoms with E-state index in [-0.39, 0.29) is 11.5 Å². The zero-order chi connectivity index (χ0) is 14.5. The van der Waals surface area contributed by atoms with Gasteiger partial charge in [0.15, 0.2) is 0 Å². The summed E-state index contributed by atoms with van der Waals surface area (Å²) >= 11 is 3.34. The molecular formula is C15H18BrNO3. The predicted molar refractivity (Wildman–Crippen MR) is 78.8 cm³/mol. The highest BCUT2D eigenvalue weighted by molar-refractivity contribution is 9.10. The van der Waals surface area contributed by atoms with Crippen molar-refractivity contribution in [2.24, 2.45) is 5.92 Å². The molecule has 0 saturated heterocycles. The van der Waals surface area contributed by atoms with E-state index in [9.17, 15) is 9.59 Å². The summed E-state index contributed by atoms with van der Waals surface area (Å²) in [6.07, 6.45) is 5.52. The zero-order valence-corrected chi connectivity index (χ0v) is 13.3. The average molecular weight is 340 g/mol. The number of carbonyl (C=O) groups excluding carboxylic acids is 1. The normalized spacial score (nSPS) is 28.9. The van der Waals surface area contributed by atoms with Crippen LogP contribution in [0, 0.1) is 5.92 Å². The average Bonchev–Trinajstić information content (AvgIpc) is 3.21. The van der Waals surface area contributed by atoms with Crippen molar-refractivity contribution in [1.29, 1.82) is 0 Å². The molecule has 0 aromatic carbocycles. The van der Waals surface area contributed by atoms with Gasteiger partial charge in [0.2, 0.25) is 0 Å². The lowest BCUT2D eigenvalue weighted by atomic mass is 9.59. The molecule has 0 radical (unpaired) electrons. The van der Waals surface area contributed by atoms with Crippen LogP contribution in [0.1, 0.15) is 44.2 Å². The van der Waals surface area contributed by atoms with Crippen molar-refractivity contribution in [3.63, 3.8) is 0 Å². The van der Waals surface area contributed by atoms with E-state index < -0.39 is 5.41 Å². The van der Waals surface area contributed by atoms with E-state index in [2.05, 4.69) is 22.9 Å². The first-order chi connectivity index (χ1) is 9.48. The summed E-state index contributed by atoms with van der Waals surface area (Å²) in [5.41, 5.74) is 0.325. The number of carbonyl (C=O) groups is 1. The predicted octanol–water partition coefficient (Wildman–Crippen LogP) is 2.79. The highest BCUT2D eigenvalue weighted by Gasteiger charge is 2.51. The molecule has 2 aliphatic rings. The van der Waals surface area contributed by atoms with E-state index >= 15 is 0 Å². The number of rotatable bonds is 3. The van der Waals surface area contributed by atoms with Gasteiger partial charge in [0.1, 0.15) is 0 Å². The van der Waals surface area contributed by atoms with Crippen molar-refractivity contribution < 1.29 is 9.53 Å². The van der Waals surface area contributed by atoms with E-state index in [0.29, 0.717) is 16.4 Å². The number of halogens is 1. The Balaban J connectivity index is 2.08. The Hall–Kier alpha value is -1.10. The van der Waals surface area contributed by atoms with Crippen molar-refractivity contribution in [1.82, 2.24) is 4.57 Å². The molecule has 108 valence electrons. The van der Waals surface area contributed by atoms with Crippen molar-refractivity contribution in [3.05, 3.63) is 32.7 Å². The standard InChI is InChI=1S/C15H18BrNO3/c1-9-6-15(7-9,14(19)20-2)10-5-12(16)13(18)17(8-10)11-3-4-11/h5,8-9,11H,3-4,6-7H2,1-2H3. The van der Waals surface area contributed by atoms with E-state index in [1.807, 2.05) is 6.20 Å². The molecule has 1 aromatic heterocycles. The molecule has 0 aliphatic heterocycles. The summed E-state index contributed by atoms with van der Waals surface area (Å²) in [7, 11) is 1.43. The maximum atomic E-state index is 12.2. The molecule has 0 atom stereocenters. The van der Waals surface area contributed by atoms with Crippen LogP contribution < -0.4 is 5.56 Å². The minimum absolute atomic E-state index is 0.0105. The second kappa shape index (κ2) is 4.72. The van der Waals surface area contributed by atoms with E-state index in [1.165, 1.54) is 7.11 Å². The summed E-state index contributed by atoms with van der Waals surface area (Å²) in [5, 5.41) is 0. The van der Waals surface area contributed by atoms with Crippen LogP contribution in [0.15, 0.2) is 21.5 Å².